The second-order valence-corrected chi connectivity index (χ2v) is 4.38. The van der Waals surface area contributed by atoms with Crippen molar-refractivity contribution < 1.29 is 4.74 Å². The first kappa shape index (κ1) is 11.8. The molecule has 0 N–H and O–H groups in total. The predicted molar refractivity (Wildman–Crippen MR) is 66.1 cm³/mol. The molecule has 82 valence electrons. The third kappa shape index (κ3) is 3.78. The monoisotopic (exact) mass is 204 g/mol. The summed E-state index contributed by atoms with van der Waals surface area (Å²) in [6.07, 6.45) is 4.04. The van der Waals surface area contributed by atoms with Gasteiger partial charge in [-0.15, -0.1) is 0 Å². The minimum Gasteiger partial charge on any atom is -0.488 e. The Hall–Kier alpha value is -1.24. The van der Waals surface area contributed by atoms with Gasteiger partial charge in [0.05, 0.1) is 0 Å². The SMILES string of the molecule is C=Cc1ccc(OC(C)(C)CCC)cc1. The molecular weight excluding hydrogens is 184 g/mol. The summed E-state index contributed by atoms with van der Waals surface area (Å²) in [6, 6.07) is 8.03. The van der Waals surface area contributed by atoms with Crippen molar-refractivity contribution in [1.29, 1.82) is 0 Å². The van der Waals surface area contributed by atoms with E-state index in [1.807, 2.05) is 30.3 Å². The van der Waals surface area contributed by atoms with E-state index < -0.39 is 0 Å². The fourth-order valence-corrected chi connectivity index (χ4v) is 1.64. The molecule has 0 saturated carbocycles. The molecule has 0 heterocycles. The van der Waals surface area contributed by atoms with E-state index in [1.54, 1.807) is 0 Å². The summed E-state index contributed by atoms with van der Waals surface area (Å²) in [5.41, 5.74) is 1.04. The molecule has 1 heteroatoms. The van der Waals surface area contributed by atoms with Gasteiger partial charge in [0.15, 0.2) is 0 Å². The zero-order valence-electron chi connectivity index (χ0n) is 9.92. The van der Waals surface area contributed by atoms with Crippen LogP contribution in [0.4, 0.5) is 0 Å². The summed E-state index contributed by atoms with van der Waals surface area (Å²) in [4.78, 5) is 0. The fraction of sp³-hybridized carbons (Fsp3) is 0.429. The van der Waals surface area contributed by atoms with Gasteiger partial charge in [0, 0.05) is 0 Å². The number of ether oxygens (including phenoxy) is 1. The van der Waals surface area contributed by atoms with Crippen LogP contribution < -0.4 is 4.74 Å². The van der Waals surface area contributed by atoms with Gasteiger partial charge in [0.25, 0.3) is 0 Å². The zero-order chi connectivity index (χ0) is 11.3. The summed E-state index contributed by atoms with van der Waals surface area (Å²) < 4.78 is 5.91. The topological polar surface area (TPSA) is 9.23 Å². The molecular formula is C14H20O. The van der Waals surface area contributed by atoms with Crippen LogP contribution >= 0.6 is 0 Å². The Kier molecular flexibility index (Phi) is 3.96. The van der Waals surface area contributed by atoms with Crippen molar-refractivity contribution in [3.05, 3.63) is 36.4 Å². The lowest BCUT2D eigenvalue weighted by Crippen LogP contribution is -2.27. The maximum Gasteiger partial charge on any atom is 0.120 e. The molecule has 1 rings (SSSR count). The lowest BCUT2D eigenvalue weighted by atomic mass is 10.0. The van der Waals surface area contributed by atoms with Crippen molar-refractivity contribution in [3.8, 4) is 5.75 Å². The molecule has 0 aliphatic rings. The quantitative estimate of drug-likeness (QED) is 0.695. The molecule has 15 heavy (non-hydrogen) atoms. The van der Waals surface area contributed by atoms with Crippen LogP contribution in [0, 0.1) is 0 Å². The van der Waals surface area contributed by atoms with E-state index in [4.69, 9.17) is 4.74 Å². The van der Waals surface area contributed by atoms with Crippen molar-refractivity contribution in [2.75, 3.05) is 0 Å². The maximum atomic E-state index is 5.91. The summed E-state index contributed by atoms with van der Waals surface area (Å²) in [5, 5.41) is 0. The molecule has 0 aromatic heterocycles. The van der Waals surface area contributed by atoms with E-state index in [2.05, 4.69) is 27.4 Å². The maximum absolute atomic E-state index is 5.91. The highest BCUT2D eigenvalue weighted by Crippen LogP contribution is 2.22. The first-order valence-electron chi connectivity index (χ1n) is 5.49. The first-order valence-corrected chi connectivity index (χ1v) is 5.49. The molecule has 1 aromatic carbocycles. The van der Waals surface area contributed by atoms with Crippen molar-refractivity contribution in [3.63, 3.8) is 0 Å². The van der Waals surface area contributed by atoms with Gasteiger partial charge in [0.2, 0.25) is 0 Å². The highest BCUT2D eigenvalue weighted by Gasteiger charge is 2.17. The lowest BCUT2D eigenvalue weighted by Gasteiger charge is -2.26. The molecule has 0 aliphatic heterocycles. The summed E-state index contributed by atoms with van der Waals surface area (Å²) in [5.74, 6) is 0.930. The van der Waals surface area contributed by atoms with Crippen molar-refractivity contribution in [2.24, 2.45) is 0 Å². The lowest BCUT2D eigenvalue weighted by molar-refractivity contribution is 0.0986. The molecule has 1 nitrogen and oxygen atoms in total. The molecule has 1 aromatic rings. The summed E-state index contributed by atoms with van der Waals surface area (Å²) in [7, 11) is 0. The van der Waals surface area contributed by atoms with Crippen LogP contribution in [-0.2, 0) is 0 Å². The average molecular weight is 204 g/mol. The van der Waals surface area contributed by atoms with Crippen LogP contribution in [-0.4, -0.2) is 5.60 Å². The first-order chi connectivity index (χ1) is 7.07. The van der Waals surface area contributed by atoms with E-state index in [0.717, 1.165) is 24.2 Å². The molecule has 0 aliphatic carbocycles. The van der Waals surface area contributed by atoms with Crippen LogP contribution in [0.2, 0.25) is 0 Å². The van der Waals surface area contributed by atoms with Crippen LogP contribution in [0.25, 0.3) is 6.08 Å². The number of hydrogen-bond acceptors (Lipinski definition) is 1. The Balaban J connectivity index is 2.68. The standard InChI is InChI=1S/C14H20O/c1-5-11-14(3,4)15-13-9-7-12(6-2)8-10-13/h6-10H,2,5,11H2,1,3-4H3. The Morgan fingerprint density at radius 1 is 1.27 bits per heavy atom. The summed E-state index contributed by atoms with van der Waals surface area (Å²) in [6.45, 7) is 10.1. The van der Waals surface area contributed by atoms with Gasteiger partial charge in [-0.05, 0) is 38.0 Å². The molecule has 0 bridgehead atoms. The highest BCUT2D eigenvalue weighted by molar-refractivity contribution is 5.48. The molecule has 0 unspecified atom stereocenters. The van der Waals surface area contributed by atoms with Crippen molar-refractivity contribution in [1.82, 2.24) is 0 Å². The van der Waals surface area contributed by atoms with Crippen LogP contribution in [0.3, 0.4) is 0 Å². The molecule has 0 radical (unpaired) electrons. The van der Waals surface area contributed by atoms with Gasteiger partial charge in [0.1, 0.15) is 11.4 Å². The Morgan fingerprint density at radius 3 is 2.33 bits per heavy atom. The summed E-state index contributed by atoms with van der Waals surface area (Å²) >= 11 is 0. The second kappa shape index (κ2) is 5.01. The smallest absolute Gasteiger partial charge is 0.120 e. The molecule has 0 saturated heterocycles. The van der Waals surface area contributed by atoms with Crippen molar-refractivity contribution >= 4 is 6.08 Å². The molecule has 0 fully saturated rings. The van der Waals surface area contributed by atoms with Crippen LogP contribution in [0.5, 0.6) is 5.75 Å². The van der Waals surface area contributed by atoms with E-state index >= 15 is 0 Å². The van der Waals surface area contributed by atoms with Gasteiger partial charge in [-0.25, -0.2) is 0 Å². The van der Waals surface area contributed by atoms with E-state index in [9.17, 15) is 0 Å². The normalized spacial score (nSPS) is 11.1. The fourth-order valence-electron chi connectivity index (χ4n) is 1.64. The number of benzene rings is 1. The van der Waals surface area contributed by atoms with Crippen LogP contribution in [0.1, 0.15) is 39.2 Å². The van der Waals surface area contributed by atoms with E-state index in [-0.39, 0.29) is 5.60 Å². The van der Waals surface area contributed by atoms with Gasteiger partial charge in [-0.3, -0.25) is 0 Å². The van der Waals surface area contributed by atoms with E-state index in [1.165, 1.54) is 0 Å². The Labute approximate surface area is 92.8 Å². The highest BCUT2D eigenvalue weighted by atomic mass is 16.5. The zero-order valence-corrected chi connectivity index (χ0v) is 9.92. The third-order valence-corrected chi connectivity index (χ3v) is 2.36. The number of rotatable bonds is 5. The Bertz CT molecular complexity index is 309. The molecule has 0 atom stereocenters. The van der Waals surface area contributed by atoms with Gasteiger partial charge in [-0.1, -0.05) is 38.1 Å². The van der Waals surface area contributed by atoms with Gasteiger partial charge in [-0.2, -0.15) is 0 Å². The minimum absolute atomic E-state index is 0.0789. The van der Waals surface area contributed by atoms with Gasteiger partial charge < -0.3 is 4.74 Å². The largest absolute Gasteiger partial charge is 0.488 e. The van der Waals surface area contributed by atoms with Gasteiger partial charge >= 0.3 is 0 Å². The number of hydrogen-bond donors (Lipinski definition) is 0. The average Bonchev–Trinajstić information content (AvgIpc) is 2.18. The van der Waals surface area contributed by atoms with Crippen LogP contribution in [0.15, 0.2) is 30.8 Å². The Morgan fingerprint density at radius 2 is 1.87 bits per heavy atom. The third-order valence-electron chi connectivity index (χ3n) is 2.36. The van der Waals surface area contributed by atoms with Crippen molar-refractivity contribution in [2.45, 2.75) is 39.2 Å². The predicted octanol–water partition coefficient (Wildman–Crippen LogP) is 4.29. The minimum atomic E-state index is -0.0789. The molecule has 0 spiro atoms. The molecule has 0 amide bonds. The van der Waals surface area contributed by atoms with E-state index in [0.29, 0.717) is 0 Å². The second-order valence-electron chi connectivity index (χ2n) is 4.38.